The lowest BCUT2D eigenvalue weighted by atomic mass is 10.2. The number of aryl methyl sites for hydroxylation is 2. The smallest absolute Gasteiger partial charge is 0.280 e. The third-order valence-electron chi connectivity index (χ3n) is 4.93. The fraction of sp³-hybridized carbons (Fsp3) is 0.217. The van der Waals surface area contributed by atoms with Crippen molar-refractivity contribution in [1.82, 2.24) is 19.3 Å². The minimum absolute atomic E-state index is 0.0806. The first-order valence-corrected chi connectivity index (χ1v) is 11.1. The van der Waals surface area contributed by atoms with E-state index in [-0.39, 0.29) is 29.6 Å². The Labute approximate surface area is 188 Å². The molecule has 0 atom stereocenters. The molecule has 1 N–H and O–H groups in total. The molecule has 0 aliphatic heterocycles. The Balaban J connectivity index is 1.69. The third-order valence-corrected chi connectivity index (χ3v) is 5.90. The van der Waals surface area contributed by atoms with E-state index in [1.165, 1.54) is 28.5 Å². The number of benzene rings is 2. The summed E-state index contributed by atoms with van der Waals surface area (Å²) in [7, 11) is 0. The van der Waals surface area contributed by atoms with Gasteiger partial charge in [-0.05, 0) is 43.7 Å². The highest BCUT2D eigenvalue weighted by Gasteiger charge is 2.19. The van der Waals surface area contributed by atoms with E-state index in [0.29, 0.717) is 34.1 Å². The third kappa shape index (κ3) is 4.57. The number of carbonyl (C=O) groups is 1. The lowest BCUT2D eigenvalue weighted by molar-refractivity contribution is -0.113. The summed E-state index contributed by atoms with van der Waals surface area (Å²) in [6, 6.07) is 15.1. The number of nitrogens with zero attached hydrogens (tertiary/aromatic N) is 4. The van der Waals surface area contributed by atoms with Gasteiger partial charge >= 0.3 is 0 Å². The topological polar surface area (TPSA) is 81.8 Å². The predicted octanol–water partition coefficient (Wildman–Crippen LogP) is 3.84. The van der Waals surface area contributed by atoms with E-state index >= 15 is 0 Å². The van der Waals surface area contributed by atoms with E-state index in [4.69, 9.17) is 0 Å². The van der Waals surface area contributed by atoms with Gasteiger partial charge < -0.3 is 5.32 Å². The van der Waals surface area contributed by atoms with E-state index in [0.717, 1.165) is 5.56 Å². The summed E-state index contributed by atoms with van der Waals surface area (Å²) in [4.78, 5) is 30.6. The molecule has 0 bridgehead atoms. The molecule has 4 aromatic rings. The lowest BCUT2D eigenvalue weighted by Crippen LogP contribution is -2.26. The fourth-order valence-corrected chi connectivity index (χ4v) is 4.18. The van der Waals surface area contributed by atoms with Gasteiger partial charge in [0.15, 0.2) is 10.7 Å². The van der Waals surface area contributed by atoms with Crippen LogP contribution in [0.3, 0.4) is 0 Å². The van der Waals surface area contributed by atoms with Crippen LogP contribution in [0.25, 0.3) is 11.0 Å². The van der Waals surface area contributed by atoms with Gasteiger partial charge in [0.25, 0.3) is 5.56 Å². The normalized spacial score (nSPS) is 11.1. The van der Waals surface area contributed by atoms with Crippen molar-refractivity contribution in [2.75, 3.05) is 11.1 Å². The summed E-state index contributed by atoms with van der Waals surface area (Å²) in [6.07, 6.45) is 0. The molecule has 32 heavy (non-hydrogen) atoms. The summed E-state index contributed by atoms with van der Waals surface area (Å²) in [5.74, 6) is -0.469. The molecule has 2 heterocycles. The zero-order valence-corrected chi connectivity index (χ0v) is 18.5. The summed E-state index contributed by atoms with van der Waals surface area (Å²) in [5, 5.41) is 7.67. The van der Waals surface area contributed by atoms with Gasteiger partial charge in [0.2, 0.25) is 5.91 Å². The van der Waals surface area contributed by atoms with Crippen LogP contribution in [0.4, 0.5) is 10.1 Å². The minimum Gasteiger partial charge on any atom is -0.325 e. The molecule has 0 radical (unpaired) electrons. The Morgan fingerprint density at radius 2 is 1.84 bits per heavy atom. The molecule has 0 spiro atoms. The Morgan fingerprint density at radius 3 is 2.53 bits per heavy atom. The Kier molecular flexibility index (Phi) is 6.36. The van der Waals surface area contributed by atoms with Crippen molar-refractivity contribution in [1.29, 1.82) is 0 Å². The molecule has 2 aromatic heterocycles. The molecule has 0 aliphatic carbocycles. The van der Waals surface area contributed by atoms with Crippen LogP contribution in [-0.4, -0.2) is 31.0 Å². The monoisotopic (exact) mass is 451 g/mol. The molecule has 0 unspecified atom stereocenters. The number of carbonyl (C=O) groups excluding carboxylic acids is 1. The first-order chi connectivity index (χ1) is 15.5. The van der Waals surface area contributed by atoms with E-state index in [1.807, 2.05) is 32.0 Å². The van der Waals surface area contributed by atoms with Gasteiger partial charge in [-0.3, -0.25) is 18.8 Å². The summed E-state index contributed by atoms with van der Waals surface area (Å²) in [6.45, 7) is 4.45. The average molecular weight is 452 g/mol. The van der Waals surface area contributed by atoms with Crippen molar-refractivity contribution in [3.63, 3.8) is 0 Å². The van der Waals surface area contributed by atoms with Crippen molar-refractivity contribution >= 4 is 34.4 Å². The molecule has 9 heteroatoms. The van der Waals surface area contributed by atoms with E-state index < -0.39 is 0 Å². The van der Waals surface area contributed by atoms with Gasteiger partial charge in [-0.25, -0.2) is 9.37 Å². The Morgan fingerprint density at radius 1 is 1.12 bits per heavy atom. The predicted molar refractivity (Wildman–Crippen MR) is 123 cm³/mol. The minimum atomic E-state index is -0.346. The number of aromatic nitrogens is 4. The van der Waals surface area contributed by atoms with Crippen LogP contribution < -0.4 is 10.9 Å². The first-order valence-electron chi connectivity index (χ1n) is 10.2. The molecule has 0 saturated carbocycles. The number of para-hydroxylation sites is 1. The molecule has 164 valence electrons. The standard InChI is InChI=1S/C23H22FN5O2S/c1-3-29-21-20(15(2)27-29)26-23(32-14-19(30)25-18-7-5-4-6-8-18)28(22(21)31)13-16-9-11-17(24)12-10-16/h4-12H,3,13-14H2,1-2H3,(H,25,30). The summed E-state index contributed by atoms with van der Waals surface area (Å²) >= 11 is 1.18. The highest BCUT2D eigenvalue weighted by molar-refractivity contribution is 7.99. The molecule has 2 aromatic carbocycles. The van der Waals surface area contributed by atoms with Crippen LogP contribution in [0, 0.1) is 12.7 Å². The van der Waals surface area contributed by atoms with Crippen molar-refractivity contribution in [3.05, 3.63) is 82.0 Å². The number of hydrogen-bond donors (Lipinski definition) is 1. The molecule has 4 rings (SSSR count). The fourth-order valence-electron chi connectivity index (χ4n) is 3.39. The molecule has 0 saturated heterocycles. The summed E-state index contributed by atoms with van der Waals surface area (Å²) < 4.78 is 16.5. The Hall–Kier alpha value is -3.46. The SMILES string of the molecule is CCn1nc(C)c2nc(SCC(=O)Nc3ccccc3)n(Cc3ccc(F)cc3)c(=O)c21. The Bertz CT molecular complexity index is 1320. The van der Waals surface area contributed by atoms with E-state index in [9.17, 15) is 14.0 Å². The maximum atomic E-state index is 13.4. The second-order valence-electron chi connectivity index (χ2n) is 7.21. The number of amides is 1. The van der Waals surface area contributed by atoms with Gasteiger partial charge in [-0.1, -0.05) is 42.1 Å². The van der Waals surface area contributed by atoms with E-state index in [1.54, 1.807) is 28.9 Å². The summed E-state index contributed by atoms with van der Waals surface area (Å²) in [5.41, 5.74) is 2.81. The number of fused-ring (bicyclic) bond motifs is 1. The highest BCUT2D eigenvalue weighted by atomic mass is 32.2. The van der Waals surface area contributed by atoms with Gasteiger partial charge in [-0.15, -0.1) is 0 Å². The molecule has 7 nitrogen and oxygen atoms in total. The second kappa shape index (κ2) is 9.35. The van der Waals surface area contributed by atoms with Crippen molar-refractivity contribution < 1.29 is 9.18 Å². The zero-order chi connectivity index (χ0) is 22.7. The molecule has 1 amide bonds. The first kappa shape index (κ1) is 21.8. The van der Waals surface area contributed by atoms with Gasteiger partial charge in [0.1, 0.15) is 11.3 Å². The lowest BCUT2D eigenvalue weighted by Gasteiger charge is -2.13. The number of halogens is 1. The van der Waals surface area contributed by atoms with E-state index in [2.05, 4.69) is 15.4 Å². The highest BCUT2D eigenvalue weighted by Crippen LogP contribution is 2.21. The molecule has 0 fully saturated rings. The largest absolute Gasteiger partial charge is 0.325 e. The maximum Gasteiger partial charge on any atom is 0.280 e. The number of thioether (sulfide) groups is 1. The number of nitrogens with one attached hydrogen (secondary N) is 1. The quantitative estimate of drug-likeness (QED) is 0.341. The molecular formula is C23H22FN5O2S. The molecule has 0 aliphatic rings. The van der Waals surface area contributed by atoms with Gasteiger partial charge in [-0.2, -0.15) is 5.10 Å². The number of anilines is 1. The maximum absolute atomic E-state index is 13.4. The average Bonchev–Trinajstić information content (AvgIpc) is 3.12. The van der Waals surface area contributed by atoms with Crippen LogP contribution in [0.2, 0.25) is 0 Å². The number of rotatable bonds is 7. The van der Waals surface area contributed by atoms with Gasteiger partial charge in [0, 0.05) is 12.2 Å². The van der Waals surface area contributed by atoms with Crippen molar-refractivity contribution in [3.8, 4) is 0 Å². The second-order valence-corrected chi connectivity index (χ2v) is 8.16. The van der Waals surface area contributed by atoms with Crippen LogP contribution >= 0.6 is 11.8 Å². The number of hydrogen-bond acceptors (Lipinski definition) is 5. The zero-order valence-electron chi connectivity index (χ0n) is 17.7. The van der Waals surface area contributed by atoms with Crippen LogP contribution in [0.15, 0.2) is 64.5 Å². The van der Waals surface area contributed by atoms with Crippen LogP contribution in [0.5, 0.6) is 0 Å². The van der Waals surface area contributed by atoms with Gasteiger partial charge in [0.05, 0.1) is 18.0 Å². The van der Waals surface area contributed by atoms with Crippen molar-refractivity contribution in [2.24, 2.45) is 0 Å². The van der Waals surface area contributed by atoms with Crippen LogP contribution in [-0.2, 0) is 17.9 Å². The van der Waals surface area contributed by atoms with Crippen molar-refractivity contribution in [2.45, 2.75) is 32.1 Å². The molecular weight excluding hydrogens is 429 g/mol. The van der Waals surface area contributed by atoms with Crippen LogP contribution in [0.1, 0.15) is 18.2 Å².